The Labute approximate surface area is 176 Å². The normalized spacial score (nSPS) is 10.4. The van der Waals surface area contributed by atoms with Gasteiger partial charge in [-0.2, -0.15) is 0 Å². The Kier molecular flexibility index (Phi) is 7.54. The molecule has 0 radical (unpaired) electrons. The Balaban J connectivity index is 1.73. The smallest absolute Gasteiger partial charge is 0.338 e. The zero-order valence-electron chi connectivity index (χ0n) is 16.3. The molecule has 3 aromatic rings. The molecule has 4 nitrogen and oxygen atoms in total. The highest BCUT2D eigenvalue weighted by atomic mass is 35.5. The molecule has 5 heteroatoms. The van der Waals surface area contributed by atoms with E-state index in [0.29, 0.717) is 48.3 Å². The van der Waals surface area contributed by atoms with Gasteiger partial charge < -0.3 is 14.2 Å². The van der Waals surface area contributed by atoms with Crippen molar-refractivity contribution in [3.8, 4) is 11.5 Å². The fourth-order valence-electron chi connectivity index (χ4n) is 2.79. The van der Waals surface area contributed by atoms with Crippen LogP contribution in [-0.2, 0) is 17.8 Å². The molecule has 3 rings (SSSR count). The summed E-state index contributed by atoms with van der Waals surface area (Å²) in [6, 6.07) is 22.6. The maximum absolute atomic E-state index is 12.1. The van der Waals surface area contributed by atoms with Crippen LogP contribution in [-0.4, -0.2) is 19.2 Å². The van der Waals surface area contributed by atoms with Gasteiger partial charge in [-0.3, -0.25) is 0 Å². The number of carbonyl (C=O) groups is 1. The van der Waals surface area contributed by atoms with E-state index in [1.807, 2.05) is 54.6 Å². The lowest BCUT2D eigenvalue weighted by Gasteiger charge is -2.14. The van der Waals surface area contributed by atoms with Crippen LogP contribution in [0, 0.1) is 0 Å². The van der Waals surface area contributed by atoms with Crippen molar-refractivity contribution in [3.05, 3.63) is 94.5 Å². The van der Waals surface area contributed by atoms with Crippen LogP contribution < -0.4 is 9.47 Å². The minimum atomic E-state index is -0.391. The minimum Gasteiger partial charge on any atom is -0.489 e. The predicted octanol–water partition coefficient (Wildman–Crippen LogP) is 5.72. The molecule has 29 heavy (non-hydrogen) atoms. The van der Waals surface area contributed by atoms with Gasteiger partial charge in [-0.25, -0.2) is 4.79 Å². The molecule has 0 aliphatic heterocycles. The molecule has 0 spiro atoms. The first kappa shape index (κ1) is 20.7. The van der Waals surface area contributed by atoms with E-state index in [1.54, 1.807) is 25.1 Å². The van der Waals surface area contributed by atoms with E-state index in [9.17, 15) is 4.79 Å². The van der Waals surface area contributed by atoms with Crippen molar-refractivity contribution >= 4 is 17.6 Å². The predicted molar refractivity (Wildman–Crippen MR) is 114 cm³/mol. The highest BCUT2D eigenvalue weighted by Gasteiger charge is 2.13. The Hall–Kier alpha value is -2.98. The van der Waals surface area contributed by atoms with E-state index in [4.69, 9.17) is 25.8 Å². The van der Waals surface area contributed by atoms with Gasteiger partial charge in [-0.1, -0.05) is 60.1 Å². The fraction of sp³-hybridized carbons (Fsp3) is 0.208. The summed E-state index contributed by atoms with van der Waals surface area (Å²) in [5, 5.41) is 0.705. The minimum absolute atomic E-state index is 0.313. The van der Waals surface area contributed by atoms with Gasteiger partial charge in [0, 0.05) is 11.4 Å². The molecule has 0 aliphatic carbocycles. The number of hydrogen-bond acceptors (Lipinski definition) is 4. The molecule has 0 amide bonds. The Bertz CT molecular complexity index is 941. The highest BCUT2D eigenvalue weighted by Crippen LogP contribution is 2.30. The van der Waals surface area contributed by atoms with Gasteiger partial charge in [0.2, 0.25) is 0 Å². The quantitative estimate of drug-likeness (QED) is 0.423. The fourth-order valence-corrected chi connectivity index (χ4v) is 3.02. The SMILES string of the molecule is CCOC(=O)c1ccc(OCc2ccccc2)c(OCCc2ccccc2Cl)c1. The molecule has 0 saturated heterocycles. The molecule has 0 unspecified atom stereocenters. The van der Waals surface area contributed by atoms with Crippen molar-refractivity contribution in [2.24, 2.45) is 0 Å². The Morgan fingerprint density at radius 3 is 2.41 bits per heavy atom. The molecule has 0 bridgehead atoms. The molecule has 0 saturated carbocycles. The average Bonchev–Trinajstić information content (AvgIpc) is 2.75. The number of esters is 1. The lowest BCUT2D eigenvalue weighted by Crippen LogP contribution is -2.08. The van der Waals surface area contributed by atoms with E-state index < -0.39 is 5.97 Å². The molecule has 0 heterocycles. The molecule has 0 aliphatic rings. The number of benzene rings is 3. The first-order valence-electron chi connectivity index (χ1n) is 9.51. The van der Waals surface area contributed by atoms with Crippen molar-refractivity contribution in [1.29, 1.82) is 0 Å². The molecule has 150 valence electrons. The van der Waals surface area contributed by atoms with Crippen molar-refractivity contribution in [2.45, 2.75) is 20.0 Å². The van der Waals surface area contributed by atoms with Gasteiger partial charge in [0.25, 0.3) is 0 Å². The number of carbonyl (C=O) groups excluding carboxylic acids is 1. The van der Waals surface area contributed by atoms with Gasteiger partial charge >= 0.3 is 5.97 Å². The molecule has 3 aromatic carbocycles. The summed E-state index contributed by atoms with van der Waals surface area (Å²) in [4.78, 5) is 12.1. The first-order valence-corrected chi connectivity index (χ1v) is 9.89. The van der Waals surface area contributed by atoms with Crippen LogP contribution in [0.2, 0.25) is 5.02 Å². The molecular formula is C24H23ClO4. The molecule has 0 fully saturated rings. The number of ether oxygens (including phenoxy) is 3. The van der Waals surface area contributed by atoms with E-state index in [0.717, 1.165) is 11.1 Å². The summed E-state index contributed by atoms with van der Waals surface area (Å²) in [6.45, 7) is 2.89. The first-order chi connectivity index (χ1) is 14.2. The van der Waals surface area contributed by atoms with Crippen LogP contribution in [0.4, 0.5) is 0 Å². The van der Waals surface area contributed by atoms with Gasteiger partial charge in [0.15, 0.2) is 11.5 Å². The lowest BCUT2D eigenvalue weighted by molar-refractivity contribution is 0.0525. The van der Waals surface area contributed by atoms with Crippen LogP contribution in [0.25, 0.3) is 0 Å². The topological polar surface area (TPSA) is 44.8 Å². The van der Waals surface area contributed by atoms with Gasteiger partial charge in [0.05, 0.1) is 18.8 Å². The summed E-state index contributed by atoms with van der Waals surface area (Å²) >= 11 is 6.21. The van der Waals surface area contributed by atoms with E-state index >= 15 is 0 Å². The molecule has 0 N–H and O–H groups in total. The zero-order chi connectivity index (χ0) is 20.5. The summed E-state index contributed by atoms with van der Waals surface area (Å²) < 4.78 is 17.0. The van der Waals surface area contributed by atoms with Crippen LogP contribution in [0.5, 0.6) is 11.5 Å². The second kappa shape index (κ2) is 10.5. The summed E-state index contributed by atoms with van der Waals surface area (Å²) in [5.41, 5.74) is 2.47. The number of hydrogen-bond donors (Lipinski definition) is 0. The van der Waals surface area contributed by atoms with Gasteiger partial charge in [-0.15, -0.1) is 0 Å². The third kappa shape index (κ3) is 6.00. The van der Waals surface area contributed by atoms with Crippen molar-refractivity contribution < 1.29 is 19.0 Å². The number of halogens is 1. The highest BCUT2D eigenvalue weighted by molar-refractivity contribution is 6.31. The molecular weight excluding hydrogens is 388 g/mol. The summed E-state index contributed by atoms with van der Waals surface area (Å²) in [5.74, 6) is 0.678. The third-order valence-electron chi connectivity index (χ3n) is 4.28. The summed E-state index contributed by atoms with van der Waals surface area (Å²) in [6.07, 6.45) is 0.640. The maximum atomic E-state index is 12.1. The van der Waals surface area contributed by atoms with Crippen molar-refractivity contribution in [3.63, 3.8) is 0 Å². The summed E-state index contributed by atoms with van der Waals surface area (Å²) in [7, 11) is 0. The van der Waals surface area contributed by atoms with Crippen LogP contribution in [0.15, 0.2) is 72.8 Å². The average molecular weight is 411 g/mol. The van der Waals surface area contributed by atoms with Gasteiger partial charge in [-0.05, 0) is 42.3 Å². The van der Waals surface area contributed by atoms with E-state index in [1.165, 1.54) is 0 Å². The van der Waals surface area contributed by atoms with Crippen LogP contribution >= 0.6 is 11.6 Å². The largest absolute Gasteiger partial charge is 0.489 e. The monoisotopic (exact) mass is 410 g/mol. The zero-order valence-corrected chi connectivity index (χ0v) is 17.0. The second-order valence-corrected chi connectivity index (χ2v) is 6.75. The standard InChI is InChI=1S/C24H23ClO4/c1-2-27-24(26)20-12-13-22(29-17-18-8-4-3-5-9-18)23(16-20)28-15-14-19-10-6-7-11-21(19)25/h3-13,16H,2,14-15,17H2,1H3. The lowest BCUT2D eigenvalue weighted by atomic mass is 10.1. The Morgan fingerprint density at radius 2 is 1.66 bits per heavy atom. The second-order valence-electron chi connectivity index (χ2n) is 6.35. The van der Waals surface area contributed by atoms with Crippen molar-refractivity contribution in [2.75, 3.05) is 13.2 Å². The van der Waals surface area contributed by atoms with Crippen molar-refractivity contribution in [1.82, 2.24) is 0 Å². The van der Waals surface area contributed by atoms with Crippen LogP contribution in [0.3, 0.4) is 0 Å². The third-order valence-corrected chi connectivity index (χ3v) is 4.65. The van der Waals surface area contributed by atoms with Crippen LogP contribution in [0.1, 0.15) is 28.4 Å². The van der Waals surface area contributed by atoms with E-state index in [2.05, 4.69) is 0 Å². The van der Waals surface area contributed by atoms with E-state index in [-0.39, 0.29) is 0 Å². The number of rotatable bonds is 9. The Morgan fingerprint density at radius 1 is 0.897 bits per heavy atom. The maximum Gasteiger partial charge on any atom is 0.338 e. The van der Waals surface area contributed by atoms with Gasteiger partial charge in [0.1, 0.15) is 6.61 Å². The molecule has 0 atom stereocenters. The molecule has 0 aromatic heterocycles.